The predicted molar refractivity (Wildman–Crippen MR) is 50.9 cm³/mol. The Morgan fingerprint density at radius 2 is 2.15 bits per heavy atom. The second-order valence-electron chi connectivity index (χ2n) is 4.34. The molecule has 0 spiro atoms. The lowest BCUT2D eigenvalue weighted by molar-refractivity contribution is -0.128. The fourth-order valence-corrected chi connectivity index (χ4v) is 1.68. The van der Waals surface area contributed by atoms with Gasteiger partial charge in [0.25, 0.3) is 0 Å². The topological polar surface area (TPSA) is 40.9 Å². The third-order valence-electron chi connectivity index (χ3n) is 2.71. The van der Waals surface area contributed by atoms with Gasteiger partial charge in [-0.3, -0.25) is 4.79 Å². The van der Waals surface area contributed by atoms with Crippen molar-refractivity contribution in [3.8, 4) is 6.07 Å². The van der Waals surface area contributed by atoms with E-state index in [2.05, 4.69) is 19.9 Å². The Bertz CT molecular complexity index is 223. The van der Waals surface area contributed by atoms with Crippen molar-refractivity contribution < 1.29 is 4.79 Å². The Morgan fingerprint density at radius 3 is 2.46 bits per heavy atom. The second-order valence-corrected chi connectivity index (χ2v) is 4.34. The molecule has 13 heavy (non-hydrogen) atoms. The Labute approximate surface area is 79.9 Å². The van der Waals surface area contributed by atoms with Gasteiger partial charge in [0.15, 0.2) is 5.78 Å². The Kier molecular flexibility index (Phi) is 3.48. The predicted octanol–water partition coefficient (Wildman–Crippen LogP) is 2.54. The van der Waals surface area contributed by atoms with Crippen LogP contribution in [0.4, 0.5) is 0 Å². The normalized spacial score (nSPS) is 19.2. The van der Waals surface area contributed by atoms with Crippen LogP contribution in [-0.4, -0.2) is 5.78 Å². The quantitative estimate of drug-likeness (QED) is 0.665. The van der Waals surface area contributed by atoms with E-state index in [1.165, 1.54) is 0 Å². The van der Waals surface area contributed by atoms with Gasteiger partial charge in [-0.1, -0.05) is 20.3 Å². The van der Waals surface area contributed by atoms with E-state index in [9.17, 15) is 4.79 Å². The SMILES string of the molecule is CC(C)CC(C#N)C(=O)C1CCC1. The minimum Gasteiger partial charge on any atom is -0.298 e. The number of carbonyl (C=O) groups is 1. The molecule has 72 valence electrons. The van der Waals surface area contributed by atoms with E-state index in [0.29, 0.717) is 5.92 Å². The Morgan fingerprint density at radius 1 is 1.54 bits per heavy atom. The number of carbonyl (C=O) groups excluding carboxylic acids is 1. The smallest absolute Gasteiger partial charge is 0.153 e. The van der Waals surface area contributed by atoms with Crippen molar-refractivity contribution in [1.82, 2.24) is 0 Å². The highest BCUT2D eigenvalue weighted by molar-refractivity contribution is 5.86. The summed E-state index contributed by atoms with van der Waals surface area (Å²) < 4.78 is 0. The van der Waals surface area contributed by atoms with Gasteiger partial charge in [-0.25, -0.2) is 0 Å². The van der Waals surface area contributed by atoms with E-state index in [1.807, 2.05) is 0 Å². The molecule has 0 heterocycles. The number of hydrogen-bond acceptors (Lipinski definition) is 2. The number of hydrogen-bond donors (Lipinski definition) is 0. The molecule has 2 nitrogen and oxygen atoms in total. The number of ketones is 1. The molecule has 1 saturated carbocycles. The fraction of sp³-hybridized carbons (Fsp3) is 0.818. The number of nitrogens with zero attached hydrogens (tertiary/aromatic N) is 1. The maximum absolute atomic E-state index is 11.7. The summed E-state index contributed by atoms with van der Waals surface area (Å²) in [7, 11) is 0. The highest BCUT2D eigenvalue weighted by Gasteiger charge is 2.31. The van der Waals surface area contributed by atoms with E-state index < -0.39 is 0 Å². The first-order chi connectivity index (χ1) is 6.15. The zero-order chi connectivity index (χ0) is 9.84. The van der Waals surface area contributed by atoms with Gasteiger partial charge >= 0.3 is 0 Å². The molecule has 1 unspecified atom stereocenters. The summed E-state index contributed by atoms with van der Waals surface area (Å²) in [6, 6.07) is 2.13. The van der Waals surface area contributed by atoms with Crippen LogP contribution < -0.4 is 0 Å². The molecule has 1 atom stereocenters. The third-order valence-corrected chi connectivity index (χ3v) is 2.71. The molecule has 0 amide bonds. The van der Waals surface area contributed by atoms with Crippen LogP contribution in [0.1, 0.15) is 39.5 Å². The molecule has 1 aliphatic rings. The summed E-state index contributed by atoms with van der Waals surface area (Å²) in [6.07, 6.45) is 3.91. The summed E-state index contributed by atoms with van der Waals surface area (Å²) in [5, 5.41) is 8.84. The highest BCUT2D eigenvalue weighted by Crippen LogP contribution is 2.31. The first kappa shape index (κ1) is 10.2. The molecule has 0 saturated heterocycles. The third kappa shape index (κ3) is 2.55. The molecule has 1 aliphatic carbocycles. The van der Waals surface area contributed by atoms with Gasteiger partial charge in [0.2, 0.25) is 0 Å². The van der Waals surface area contributed by atoms with Crippen LogP contribution >= 0.6 is 0 Å². The minimum absolute atomic E-state index is 0.197. The standard InChI is InChI=1S/C11H17NO/c1-8(2)6-10(7-12)11(13)9-4-3-5-9/h8-10H,3-6H2,1-2H3. The molecule has 0 aromatic rings. The summed E-state index contributed by atoms with van der Waals surface area (Å²) in [4.78, 5) is 11.7. The molecule has 0 aromatic carbocycles. The number of Topliss-reactive ketones (excluding diaryl/α,β-unsaturated/α-hetero) is 1. The molecule has 1 fully saturated rings. The average Bonchev–Trinajstić information content (AvgIpc) is 1.96. The van der Waals surface area contributed by atoms with Crippen LogP contribution in [-0.2, 0) is 4.79 Å². The molecule has 0 aliphatic heterocycles. The van der Waals surface area contributed by atoms with E-state index >= 15 is 0 Å². The zero-order valence-electron chi connectivity index (χ0n) is 8.42. The van der Waals surface area contributed by atoms with E-state index in [0.717, 1.165) is 25.7 Å². The molecule has 2 heteroatoms. The van der Waals surface area contributed by atoms with Crippen molar-refractivity contribution in [3.63, 3.8) is 0 Å². The van der Waals surface area contributed by atoms with Crippen LogP contribution in [0.2, 0.25) is 0 Å². The summed E-state index contributed by atoms with van der Waals surface area (Å²) in [5.41, 5.74) is 0. The lowest BCUT2D eigenvalue weighted by atomic mass is 9.76. The van der Waals surface area contributed by atoms with Gasteiger partial charge in [-0.15, -0.1) is 0 Å². The highest BCUT2D eigenvalue weighted by atomic mass is 16.1. The van der Waals surface area contributed by atoms with Crippen molar-refractivity contribution in [1.29, 1.82) is 5.26 Å². The average molecular weight is 179 g/mol. The summed E-state index contributed by atoms with van der Waals surface area (Å²) in [5.74, 6) is 0.504. The summed E-state index contributed by atoms with van der Waals surface area (Å²) >= 11 is 0. The van der Waals surface area contributed by atoms with Gasteiger partial charge in [-0.2, -0.15) is 5.26 Å². The van der Waals surface area contributed by atoms with Crippen LogP contribution in [0.5, 0.6) is 0 Å². The largest absolute Gasteiger partial charge is 0.298 e. The first-order valence-corrected chi connectivity index (χ1v) is 5.08. The number of rotatable bonds is 4. The monoisotopic (exact) mass is 179 g/mol. The molecule has 0 radical (unpaired) electrons. The van der Waals surface area contributed by atoms with E-state index in [1.54, 1.807) is 0 Å². The maximum Gasteiger partial charge on any atom is 0.153 e. The van der Waals surface area contributed by atoms with Crippen molar-refractivity contribution in [2.24, 2.45) is 17.8 Å². The van der Waals surface area contributed by atoms with Gasteiger partial charge in [0.05, 0.1) is 6.07 Å². The second kappa shape index (κ2) is 4.41. The number of nitriles is 1. The molecular weight excluding hydrogens is 162 g/mol. The molecule has 0 N–H and O–H groups in total. The molecule has 0 aromatic heterocycles. The first-order valence-electron chi connectivity index (χ1n) is 5.08. The van der Waals surface area contributed by atoms with Crippen molar-refractivity contribution in [3.05, 3.63) is 0 Å². The van der Waals surface area contributed by atoms with Crippen LogP contribution in [0.25, 0.3) is 0 Å². The van der Waals surface area contributed by atoms with Crippen LogP contribution in [0.3, 0.4) is 0 Å². The van der Waals surface area contributed by atoms with Crippen LogP contribution in [0.15, 0.2) is 0 Å². The van der Waals surface area contributed by atoms with E-state index in [-0.39, 0.29) is 17.6 Å². The Hall–Kier alpha value is -0.840. The van der Waals surface area contributed by atoms with Gasteiger partial charge < -0.3 is 0 Å². The van der Waals surface area contributed by atoms with Crippen molar-refractivity contribution in [2.45, 2.75) is 39.5 Å². The van der Waals surface area contributed by atoms with Gasteiger partial charge in [0.1, 0.15) is 5.92 Å². The van der Waals surface area contributed by atoms with E-state index in [4.69, 9.17) is 5.26 Å². The molecule has 0 bridgehead atoms. The lowest BCUT2D eigenvalue weighted by Crippen LogP contribution is -2.28. The zero-order valence-corrected chi connectivity index (χ0v) is 8.42. The van der Waals surface area contributed by atoms with Gasteiger partial charge in [0, 0.05) is 5.92 Å². The molecular formula is C11H17NO. The lowest BCUT2D eigenvalue weighted by Gasteiger charge is -2.26. The molecule has 1 rings (SSSR count). The van der Waals surface area contributed by atoms with Crippen LogP contribution in [0, 0.1) is 29.1 Å². The van der Waals surface area contributed by atoms with Crippen molar-refractivity contribution in [2.75, 3.05) is 0 Å². The minimum atomic E-state index is -0.342. The summed E-state index contributed by atoms with van der Waals surface area (Å²) in [6.45, 7) is 4.11. The fourth-order valence-electron chi connectivity index (χ4n) is 1.68. The maximum atomic E-state index is 11.7. The van der Waals surface area contributed by atoms with Crippen molar-refractivity contribution >= 4 is 5.78 Å². The van der Waals surface area contributed by atoms with Gasteiger partial charge in [-0.05, 0) is 25.2 Å². The Balaban J connectivity index is 2.46.